The first kappa shape index (κ1) is 11.5. The first-order chi connectivity index (χ1) is 6.55. The first-order valence-corrected chi connectivity index (χ1v) is 5.69. The molecule has 0 aliphatic heterocycles. The molecule has 1 rings (SSSR count). The minimum Gasteiger partial charge on any atom is -0.295 e. The number of nitriles is 1. The molecule has 0 atom stereocenters. The Labute approximate surface area is 87.9 Å². The van der Waals surface area contributed by atoms with E-state index in [-0.39, 0.29) is 5.54 Å². The number of hydrogen-bond acceptors (Lipinski definition) is 2. The molecular weight excluding hydrogens is 172 g/mol. The van der Waals surface area contributed by atoms with Gasteiger partial charge in [0.05, 0.1) is 6.07 Å². The third kappa shape index (κ3) is 2.99. The maximum Gasteiger partial charge on any atom is 0.0635 e. The molecule has 0 radical (unpaired) electrons. The van der Waals surface area contributed by atoms with Gasteiger partial charge in [0.25, 0.3) is 0 Å². The predicted molar refractivity (Wildman–Crippen MR) is 58.9 cm³/mol. The van der Waals surface area contributed by atoms with Crippen LogP contribution >= 0.6 is 0 Å². The smallest absolute Gasteiger partial charge is 0.0635 e. The van der Waals surface area contributed by atoms with Gasteiger partial charge in [-0.2, -0.15) is 5.26 Å². The number of hydrogen-bond donors (Lipinski definition) is 0. The van der Waals surface area contributed by atoms with Gasteiger partial charge in [0.15, 0.2) is 0 Å². The molecule has 1 aliphatic carbocycles. The van der Waals surface area contributed by atoms with E-state index in [2.05, 4.69) is 31.7 Å². The Morgan fingerprint density at radius 1 is 1.29 bits per heavy atom. The Hall–Kier alpha value is -0.550. The zero-order chi connectivity index (χ0) is 10.6. The van der Waals surface area contributed by atoms with Crippen LogP contribution in [0, 0.1) is 11.3 Å². The number of rotatable bonds is 3. The van der Waals surface area contributed by atoms with Crippen molar-refractivity contribution in [3.63, 3.8) is 0 Å². The van der Waals surface area contributed by atoms with E-state index in [1.54, 1.807) is 0 Å². The molecule has 0 saturated heterocycles. The van der Waals surface area contributed by atoms with E-state index in [1.807, 2.05) is 0 Å². The maximum atomic E-state index is 8.65. The highest BCUT2D eigenvalue weighted by atomic mass is 15.2. The summed E-state index contributed by atoms with van der Waals surface area (Å²) in [7, 11) is 0. The largest absolute Gasteiger partial charge is 0.295 e. The summed E-state index contributed by atoms with van der Waals surface area (Å²) in [5.74, 6) is 0. The minimum atomic E-state index is 0.214. The molecule has 0 bridgehead atoms. The van der Waals surface area contributed by atoms with Crippen LogP contribution in [-0.4, -0.2) is 23.0 Å². The standard InChI is InChI=1S/C12H22N2/c1-12(2,3)14(10-6-9-13)11-7-4-5-8-11/h11H,4-8,10H2,1-3H3. The van der Waals surface area contributed by atoms with Gasteiger partial charge in [-0.15, -0.1) is 0 Å². The molecule has 1 fully saturated rings. The predicted octanol–water partition coefficient (Wildman–Crippen LogP) is 2.94. The summed E-state index contributed by atoms with van der Waals surface area (Å²) in [4.78, 5) is 2.52. The summed E-state index contributed by atoms with van der Waals surface area (Å²) >= 11 is 0. The van der Waals surface area contributed by atoms with Gasteiger partial charge in [-0.25, -0.2) is 0 Å². The second kappa shape index (κ2) is 4.79. The van der Waals surface area contributed by atoms with E-state index in [9.17, 15) is 0 Å². The molecule has 0 aromatic heterocycles. The van der Waals surface area contributed by atoms with Crippen molar-refractivity contribution in [2.45, 2.75) is 64.5 Å². The second-order valence-electron chi connectivity index (χ2n) is 5.21. The topological polar surface area (TPSA) is 27.0 Å². The summed E-state index contributed by atoms with van der Waals surface area (Å²) in [6.07, 6.45) is 6.03. The number of nitrogens with zero attached hydrogens (tertiary/aromatic N) is 2. The van der Waals surface area contributed by atoms with E-state index in [1.165, 1.54) is 25.7 Å². The molecule has 0 N–H and O–H groups in total. The highest BCUT2D eigenvalue weighted by molar-refractivity contribution is 4.88. The van der Waals surface area contributed by atoms with E-state index >= 15 is 0 Å². The Bertz CT molecular complexity index is 203. The minimum absolute atomic E-state index is 0.214. The van der Waals surface area contributed by atoms with Crippen molar-refractivity contribution < 1.29 is 0 Å². The molecular formula is C12H22N2. The molecule has 0 heterocycles. The Morgan fingerprint density at radius 3 is 2.29 bits per heavy atom. The van der Waals surface area contributed by atoms with Crippen molar-refractivity contribution in [3.05, 3.63) is 0 Å². The van der Waals surface area contributed by atoms with Crippen molar-refractivity contribution in [3.8, 4) is 6.07 Å². The molecule has 2 nitrogen and oxygen atoms in total. The first-order valence-electron chi connectivity index (χ1n) is 5.69. The lowest BCUT2D eigenvalue weighted by molar-refractivity contribution is 0.0870. The fourth-order valence-electron chi connectivity index (χ4n) is 2.45. The van der Waals surface area contributed by atoms with Crippen molar-refractivity contribution in [1.29, 1.82) is 5.26 Å². The van der Waals surface area contributed by atoms with Crippen molar-refractivity contribution >= 4 is 0 Å². The molecule has 1 aliphatic rings. The third-order valence-corrected chi connectivity index (χ3v) is 3.09. The van der Waals surface area contributed by atoms with Gasteiger partial charge in [0.2, 0.25) is 0 Å². The average Bonchev–Trinajstić information content (AvgIpc) is 2.55. The molecule has 0 amide bonds. The fourth-order valence-corrected chi connectivity index (χ4v) is 2.45. The summed E-state index contributed by atoms with van der Waals surface area (Å²) in [6, 6.07) is 2.98. The zero-order valence-electron chi connectivity index (χ0n) is 9.71. The van der Waals surface area contributed by atoms with E-state index in [4.69, 9.17) is 5.26 Å². The summed E-state index contributed by atoms with van der Waals surface area (Å²) in [5.41, 5.74) is 0.214. The third-order valence-electron chi connectivity index (χ3n) is 3.09. The van der Waals surface area contributed by atoms with Crippen LogP contribution in [0.25, 0.3) is 0 Å². The maximum absolute atomic E-state index is 8.65. The molecule has 0 aromatic carbocycles. The molecule has 1 saturated carbocycles. The van der Waals surface area contributed by atoms with Crippen LogP contribution in [0.5, 0.6) is 0 Å². The van der Waals surface area contributed by atoms with Crippen molar-refractivity contribution in [1.82, 2.24) is 4.90 Å². The summed E-state index contributed by atoms with van der Waals surface area (Å²) < 4.78 is 0. The molecule has 0 aromatic rings. The van der Waals surface area contributed by atoms with E-state index in [0.717, 1.165) is 12.6 Å². The van der Waals surface area contributed by atoms with Crippen LogP contribution in [0.1, 0.15) is 52.9 Å². The van der Waals surface area contributed by atoms with Crippen LogP contribution in [0.2, 0.25) is 0 Å². The second-order valence-corrected chi connectivity index (χ2v) is 5.21. The normalized spacial score (nSPS) is 18.8. The van der Waals surface area contributed by atoms with Gasteiger partial charge >= 0.3 is 0 Å². The quantitative estimate of drug-likeness (QED) is 0.690. The van der Waals surface area contributed by atoms with Gasteiger partial charge in [-0.05, 0) is 33.6 Å². The van der Waals surface area contributed by atoms with E-state index < -0.39 is 0 Å². The highest BCUT2D eigenvalue weighted by Crippen LogP contribution is 2.28. The van der Waals surface area contributed by atoms with Crippen molar-refractivity contribution in [2.75, 3.05) is 6.54 Å². The molecule has 80 valence electrons. The van der Waals surface area contributed by atoms with Gasteiger partial charge in [-0.1, -0.05) is 12.8 Å². The van der Waals surface area contributed by atoms with Gasteiger partial charge in [0, 0.05) is 24.5 Å². The lowest BCUT2D eigenvalue weighted by Gasteiger charge is -2.40. The molecule has 0 spiro atoms. The lowest BCUT2D eigenvalue weighted by Crippen LogP contribution is -2.47. The summed E-state index contributed by atoms with van der Waals surface area (Å²) in [5, 5.41) is 8.65. The average molecular weight is 194 g/mol. The molecule has 0 unspecified atom stereocenters. The van der Waals surface area contributed by atoms with Crippen LogP contribution in [0.15, 0.2) is 0 Å². The lowest BCUT2D eigenvalue weighted by atomic mass is 10.0. The SMILES string of the molecule is CC(C)(C)N(CCC#N)C1CCCC1. The summed E-state index contributed by atoms with van der Waals surface area (Å²) in [6.45, 7) is 7.69. The Morgan fingerprint density at radius 2 is 1.86 bits per heavy atom. The van der Waals surface area contributed by atoms with Crippen molar-refractivity contribution in [2.24, 2.45) is 0 Å². The zero-order valence-corrected chi connectivity index (χ0v) is 9.71. The van der Waals surface area contributed by atoms with Gasteiger partial charge in [0.1, 0.15) is 0 Å². The Kier molecular flexibility index (Phi) is 3.95. The van der Waals surface area contributed by atoms with Crippen LogP contribution in [0.4, 0.5) is 0 Å². The van der Waals surface area contributed by atoms with Crippen LogP contribution in [-0.2, 0) is 0 Å². The fraction of sp³-hybridized carbons (Fsp3) is 0.917. The molecule has 2 heteroatoms. The van der Waals surface area contributed by atoms with Crippen LogP contribution < -0.4 is 0 Å². The molecule has 14 heavy (non-hydrogen) atoms. The monoisotopic (exact) mass is 194 g/mol. The van der Waals surface area contributed by atoms with Gasteiger partial charge in [-0.3, -0.25) is 4.90 Å². The van der Waals surface area contributed by atoms with Crippen LogP contribution in [0.3, 0.4) is 0 Å². The Balaban J connectivity index is 2.56. The highest BCUT2D eigenvalue weighted by Gasteiger charge is 2.30. The van der Waals surface area contributed by atoms with Gasteiger partial charge < -0.3 is 0 Å². The van der Waals surface area contributed by atoms with E-state index in [0.29, 0.717) is 6.42 Å².